The molecule has 2 atom stereocenters. The van der Waals surface area contributed by atoms with Crippen LogP contribution in [0.5, 0.6) is 5.75 Å². The Morgan fingerprint density at radius 2 is 2.10 bits per heavy atom. The fourth-order valence-corrected chi connectivity index (χ4v) is 3.47. The highest BCUT2D eigenvalue weighted by Gasteiger charge is 2.20. The maximum atomic E-state index is 12.1. The number of alkyl halides is 1. The molecule has 0 saturated heterocycles. The number of amides is 1. The highest BCUT2D eigenvalue weighted by Crippen LogP contribution is 2.28. The first-order chi connectivity index (χ1) is 9.69. The van der Waals surface area contributed by atoms with Crippen molar-refractivity contribution in [1.29, 1.82) is 0 Å². The summed E-state index contributed by atoms with van der Waals surface area (Å²) < 4.78 is 5.37. The SMILES string of the molecule is CCOc1ccc(C(=O)NCC2CCCC(Br)C2)cc1. The van der Waals surface area contributed by atoms with Crippen molar-refractivity contribution in [3.8, 4) is 5.75 Å². The van der Waals surface area contributed by atoms with E-state index < -0.39 is 0 Å². The van der Waals surface area contributed by atoms with Gasteiger partial charge in [0, 0.05) is 16.9 Å². The number of ether oxygens (including phenoxy) is 1. The summed E-state index contributed by atoms with van der Waals surface area (Å²) in [7, 11) is 0. The Labute approximate surface area is 129 Å². The molecule has 0 radical (unpaired) electrons. The van der Waals surface area contributed by atoms with Crippen molar-refractivity contribution in [2.45, 2.75) is 37.4 Å². The first-order valence-electron chi connectivity index (χ1n) is 7.34. The van der Waals surface area contributed by atoms with E-state index in [0.29, 0.717) is 22.9 Å². The number of carbonyl (C=O) groups is 1. The molecular formula is C16H22BrNO2. The van der Waals surface area contributed by atoms with Crippen molar-refractivity contribution < 1.29 is 9.53 Å². The van der Waals surface area contributed by atoms with Crippen LogP contribution < -0.4 is 10.1 Å². The van der Waals surface area contributed by atoms with Crippen LogP contribution in [0.2, 0.25) is 0 Å². The van der Waals surface area contributed by atoms with Crippen molar-refractivity contribution in [1.82, 2.24) is 5.32 Å². The highest BCUT2D eigenvalue weighted by atomic mass is 79.9. The Kier molecular flexibility index (Phi) is 5.89. The van der Waals surface area contributed by atoms with E-state index in [1.165, 1.54) is 19.3 Å². The lowest BCUT2D eigenvalue weighted by Gasteiger charge is -2.25. The largest absolute Gasteiger partial charge is 0.494 e. The van der Waals surface area contributed by atoms with E-state index in [0.717, 1.165) is 18.7 Å². The molecule has 4 heteroatoms. The van der Waals surface area contributed by atoms with Gasteiger partial charge in [0.1, 0.15) is 5.75 Å². The summed E-state index contributed by atoms with van der Waals surface area (Å²) in [6.45, 7) is 3.36. The number of halogens is 1. The molecule has 0 aliphatic heterocycles. The van der Waals surface area contributed by atoms with Gasteiger partial charge in [0.05, 0.1) is 6.61 Å². The zero-order valence-corrected chi connectivity index (χ0v) is 13.5. The molecule has 1 fully saturated rings. The highest BCUT2D eigenvalue weighted by molar-refractivity contribution is 9.09. The summed E-state index contributed by atoms with van der Waals surface area (Å²) >= 11 is 3.68. The second kappa shape index (κ2) is 7.67. The molecule has 3 nitrogen and oxygen atoms in total. The van der Waals surface area contributed by atoms with Crippen LogP contribution in [0.25, 0.3) is 0 Å². The lowest BCUT2D eigenvalue weighted by molar-refractivity contribution is 0.0944. The quantitative estimate of drug-likeness (QED) is 0.829. The fourth-order valence-electron chi connectivity index (χ4n) is 2.62. The van der Waals surface area contributed by atoms with Crippen LogP contribution in [-0.4, -0.2) is 23.9 Å². The third kappa shape index (κ3) is 4.51. The molecule has 1 aliphatic rings. The van der Waals surface area contributed by atoms with Crippen LogP contribution in [0.1, 0.15) is 43.0 Å². The Bertz CT molecular complexity index is 433. The normalized spacial score (nSPS) is 22.3. The van der Waals surface area contributed by atoms with Gasteiger partial charge < -0.3 is 10.1 Å². The van der Waals surface area contributed by atoms with Crippen LogP contribution in [0.15, 0.2) is 24.3 Å². The molecule has 1 aromatic carbocycles. The molecule has 0 spiro atoms. The van der Waals surface area contributed by atoms with Gasteiger partial charge in [-0.2, -0.15) is 0 Å². The molecular weight excluding hydrogens is 318 g/mol. The topological polar surface area (TPSA) is 38.3 Å². The molecule has 0 heterocycles. The van der Waals surface area contributed by atoms with Gasteiger partial charge in [0.15, 0.2) is 0 Å². The summed E-state index contributed by atoms with van der Waals surface area (Å²) in [5, 5.41) is 3.04. The molecule has 1 saturated carbocycles. The summed E-state index contributed by atoms with van der Waals surface area (Å²) in [6, 6.07) is 7.31. The smallest absolute Gasteiger partial charge is 0.251 e. The lowest BCUT2D eigenvalue weighted by atomic mass is 9.89. The van der Waals surface area contributed by atoms with Gasteiger partial charge in [0.25, 0.3) is 5.91 Å². The Morgan fingerprint density at radius 1 is 1.35 bits per heavy atom. The van der Waals surface area contributed by atoms with Gasteiger partial charge in [-0.25, -0.2) is 0 Å². The summed E-state index contributed by atoms with van der Waals surface area (Å²) in [5.74, 6) is 1.41. The monoisotopic (exact) mass is 339 g/mol. The van der Waals surface area contributed by atoms with Crippen LogP contribution >= 0.6 is 15.9 Å². The number of carbonyl (C=O) groups excluding carboxylic acids is 1. The van der Waals surface area contributed by atoms with Gasteiger partial charge in [0.2, 0.25) is 0 Å². The van der Waals surface area contributed by atoms with Crippen LogP contribution in [-0.2, 0) is 0 Å². The van der Waals surface area contributed by atoms with Gasteiger partial charge in [-0.1, -0.05) is 22.4 Å². The maximum Gasteiger partial charge on any atom is 0.251 e. The zero-order valence-electron chi connectivity index (χ0n) is 11.9. The van der Waals surface area contributed by atoms with E-state index in [9.17, 15) is 4.79 Å². The van der Waals surface area contributed by atoms with E-state index in [1.54, 1.807) is 0 Å². The average molecular weight is 340 g/mol. The molecule has 0 aromatic heterocycles. The Hall–Kier alpha value is -1.03. The predicted molar refractivity (Wildman–Crippen MR) is 84.6 cm³/mol. The van der Waals surface area contributed by atoms with Gasteiger partial charge in [-0.15, -0.1) is 0 Å². The first kappa shape index (κ1) is 15.4. The number of nitrogens with one attached hydrogen (secondary N) is 1. The molecule has 1 aliphatic carbocycles. The van der Waals surface area contributed by atoms with Crippen molar-refractivity contribution >= 4 is 21.8 Å². The minimum Gasteiger partial charge on any atom is -0.494 e. The van der Waals surface area contributed by atoms with E-state index >= 15 is 0 Å². The number of rotatable bonds is 5. The standard InChI is InChI=1S/C16H22BrNO2/c1-2-20-15-8-6-13(7-9-15)16(19)18-11-12-4-3-5-14(17)10-12/h6-9,12,14H,2-5,10-11H2,1H3,(H,18,19). The van der Waals surface area contributed by atoms with Crippen molar-refractivity contribution in [3.05, 3.63) is 29.8 Å². The number of hydrogen-bond donors (Lipinski definition) is 1. The van der Waals surface area contributed by atoms with Crippen LogP contribution in [0.3, 0.4) is 0 Å². The van der Waals surface area contributed by atoms with Crippen molar-refractivity contribution in [2.75, 3.05) is 13.2 Å². The third-order valence-electron chi connectivity index (χ3n) is 3.70. The summed E-state index contributed by atoms with van der Waals surface area (Å²) in [5.41, 5.74) is 0.694. The van der Waals surface area contributed by atoms with E-state index in [1.807, 2.05) is 31.2 Å². The van der Waals surface area contributed by atoms with Crippen LogP contribution in [0, 0.1) is 5.92 Å². The number of benzene rings is 1. The summed E-state index contributed by atoms with van der Waals surface area (Å²) in [6.07, 6.45) is 4.87. The van der Waals surface area contributed by atoms with E-state index in [4.69, 9.17) is 4.74 Å². The lowest BCUT2D eigenvalue weighted by Crippen LogP contribution is -2.31. The molecule has 2 rings (SSSR count). The minimum atomic E-state index is 0.00439. The summed E-state index contributed by atoms with van der Waals surface area (Å²) in [4.78, 5) is 12.7. The Balaban J connectivity index is 1.82. The minimum absolute atomic E-state index is 0.00439. The second-order valence-electron chi connectivity index (χ2n) is 5.30. The fraction of sp³-hybridized carbons (Fsp3) is 0.562. The molecule has 2 unspecified atom stereocenters. The molecule has 1 aromatic rings. The molecule has 1 N–H and O–H groups in total. The van der Waals surface area contributed by atoms with Crippen molar-refractivity contribution in [2.24, 2.45) is 5.92 Å². The molecule has 20 heavy (non-hydrogen) atoms. The maximum absolute atomic E-state index is 12.1. The van der Waals surface area contributed by atoms with Gasteiger partial charge in [-0.3, -0.25) is 4.79 Å². The molecule has 0 bridgehead atoms. The van der Waals surface area contributed by atoms with Crippen molar-refractivity contribution in [3.63, 3.8) is 0 Å². The average Bonchev–Trinajstić information content (AvgIpc) is 2.46. The Morgan fingerprint density at radius 3 is 2.75 bits per heavy atom. The van der Waals surface area contributed by atoms with Gasteiger partial charge >= 0.3 is 0 Å². The van der Waals surface area contributed by atoms with Crippen LogP contribution in [0.4, 0.5) is 0 Å². The van der Waals surface area contributed by atoms with E-state index in [2.05, 4.69) is 21.2 Å². The first-order valence-corrected chi connectivity index (χ1v) is 8.25. The second-order valence-corrected chi connectivity index (χ2v) is 6.59. The number of hydrogen-bond acceptors (Lipinski definition) is 2. The molecule has 1 amide bonds. The van der Waals surface area contributed by atoms with E-state index in [-0.39, 0.29) is 5.91 Å². The van der Waals surface area contributed by atoms with Gasteiger partial charge in [-0.05, 0) is 56.4 Å². The third-order valence-corrected chi connectivity index (χ3v) is 4.53. The zero-order chi connectivity index (χ0) is 14.4. The predicted octanol–water partition coefficient (Wildman–Crippen LogP) is 3.77. The molecule has 110 valence electrons.